The molecule has 0 unspecified atom stereocenters. The van der Waals surface area contributed by atoms with Crippen LogP contribution in [0.25, 0.3) is 10.9 Å². The molecular formula is C14H17BrN2. The molecule has 0 aliphatic rings. The number of aryl methyl sites for hydroxylation is 1. The van der Waals surface area contributed by atoms with E-state index in [0.29, 0.717) is 6.54 Å². The Hall–Kier alpha value is -0.930. The van der Waals surface area contributed by atoms with Gasteiger partial charge in [0.2, 0.25) is 0 Å². The maximum Gasteiger partial charge on any atom is 0.0709 e. The zero-order chi connectivity index (χ0) is 12.6. The number of nitrogens with zero attached hydrogens (tertiary/aromatic N) is 1. The number of fused-ring (bicyclic) bond motifs is 1. The Bertz CT molecular complexity index is 561. The molecule has 2 nitrogen and oxygen atoms in total. The fourth-order valence-corrected chi connectivity index (χ4v) is 2.18. The second-order valence-corrected chi connectivity index (χ2v) is 5.99. The summed E-state index contributed by atoms with van der Waals surface area (Å²) in [4.78, 5) is 4.72. The van der Waals surface area contributed by atoms with Crippen molar-refractivity contribution in [3.8, 4) is 0 Å². The molecule has 2 N–H and O–H groups in total. The molecule has 0 bridgehead atoms. The number of hydrogen-bond acceptors (Lipinski definition) is 2. The average molecular weight is 293 g/mol. The van der Waals surface area contributed by atoms with E-state index in [4.69, 9.17) is 10.7 Å². The zero-order valence-electron chi connectivity index (χ0n) is 10.4. The van der Waals surface area contributed by atoms with Crippen molar-refractivity contribution in [2.45, 2.75) is 26.2 Å². The molecule has 0 atom stereocenters. The van der Waals surface area contributed by atoms with Gasteiger partial charge < -0.3 is 5.73 Å². The van der Waals surface area contributed by atoms with Crippen molar-refractivity contribution in [1.82, 2.24) is 4.98 Å². The molecule has 2 rings (SSSR count). The molecule has 3 heteroatoms. The molecular weight excluding hydrogens is 276 g/mol. The smallest absolute Gasteiger partial charge is 0.0709 e. The van der Waals surface area contributed by atoms with Gasteiger partial charge in [0.25, 0.3) is 0 Å². The summed E-state index contributed by atoms with van der Waals surface area (Å²) in [5, 5.41) is 1.19. The van der Waals surface area contributed by atoms with E-state index in [1.807, 2.05) is 12.1 Å². The second-order valence-electron chi connectivity index (χ2n) is 5.07. The highest BCUT2D eigenvalue weighted by Crippen LogP contribution is 2.27. The van der Waals surface area contributed by atoms with Gasteiger partial charge in [0.15, 0.2) is 0 Å². The van der Waals surface area contributed by atoms with Gasteiger partial charge in [-0.25, -0.2) is 0 Å². The number of nitrogens with two attached hydrogens (primary N) is 1. The van der Waals surface area contributed by atoms with Crippen molar-refractivity contribution >= 4 is 26.8 Å². The predicted molar refractivity (Wildman–Crippen MR) is 76.3 cm³/mol. The number of halogens is 1. The highest BCUT2D eigenvalue weighted by Gasteiger charge is 2.21. The van der Waals surface area contributed by atoms with Crippen LogP contribution < -0.4 is 5.73 Å². The van der Waals surface area contributed by atoms with Crippen LogP contribution in [0.2, 0.25) is 0 Å². The highest BCUT2D eigenvalue weighted by molar-refractivity contribution is 9.10. The van der Waals surface area contributed by atoms with Crippen molar-refractivity contribution in [2.24, 2.45) is 5.73 Å². The van der Waals surface area contributed by atoms with Gasteiger partial charge in [-0.05, 0) is 36.8 Å². The van der Waals surface area contributed by atoms with E-state index >= 15 is 0 Å². The minimum atomic E-state index is -0.0774. The Morgan fingerprint density at radius 2 is 2.00 bits per heavy atom. The maximum atomic E-state index is 5.81. The summed E-state index contributed by atoms with van der Waals surface area (Å²) in [6.45, 7) is 6.97. The fraction of sp³-hybridized carbons (Fsp3) is 0.357. The summed E-state index contributed by atoms with van der Waals surface area (Å²) in [5.74, 6) is 0. The highest BCUT2D eigenvalue weighted by atomic mass is 79.9. The summed E-state index contributed by atoms with van der Waals surface area (Å²) < 4.78 is 1.08. The molecule has 0 fully saturated rings. The van der Waals surface area contributed by atoms with Crippen molar-refractivity contribution in [3.05, 3.63) is 40.0 Å². The van der Waals surface area contributed by atoms with Crippen LogP contribution in [-0.4, -0.2) is 11.5 Å². The van der Waals surface area contributed by atoms with E-state index in [2.05, 4.69) is 48.8 Å². The molecule has 2 aromatic rings. The van der Waals surface area contributed by atoms with E-state index in [1.54, 1.807) is 0 Å². The Morgan fingerprint density at radius 3 is 2.65 bits per heavy atom. The van der Waals surface area contributed by atoms with E-state index in [-0.39, 0.29) is 5.41 Å². The van der Waals surface area contributed by atoms with Crippen LogP contribution in [0.15, 0.2) is 28.7 Å². The third-order valence-corrected chi connectivity index (χ3v) is 3.67. The number of aromatic nitrogens is 1. The van der Waals surface area contributed by atoms with Crippen molar-refractivity contribution < 1.29 is 0 Å². The molecule has 0 saturated carbocycles. The van der Waals surface area contributed by atoms with Crippen molar-refractivity contribution in [3.63, 3.8) is 0 Å². The molecule has 0 saturated heterocycles. The lowest BCUT2D eigenvalue weighted by atomic mass is 9.88. The molecule has 0 spiro atoms. The first kappa shape index (κ1) is 12.5. The molecule has 1 aromatic carbocycles. The van der Waals surface area contributed by atoms with E-state index < -0.39 is 0 Å². The van der Waals surface area contributed by atoms with Gasteiger partial charge in [-0.15, -0.1) is 0 Å². The number of hydrogen-bond donors (Lipinski definition) is 1. The van der Waals surface area contributed by atoms with Gasteiger partial charge in [-0.2, -0.15) is 0 Å². The van der Waals surface area contributed by atoms with Crippen molar-refractivity contribution in [2.75, 3.05) is 6.54 Å². The predicted octanol–water partition coefficient (Wildman–Crippen LogP) is 3.54. The third kappa shape index (κ3) is 2.35. The minimum Gasteiger partial charge on any atom is -0.330 e. The monoisotopic (exact) mass is 292 g/mol. The van der Waals surface area contributed by atoms with Gasteiger partial charge in [0.05, 0.1) is 5.52 Å². The third-order valence-electron chi connectivity index (χ3n) is 3.18. The van der Waals surface area contributed by atoms with Crippen LogP contribution in [0.3, 0.4) is 0 Å². The molecule has 90 valence electrons. The number of benzene rings is 1. The summed E-state index contributed by atoms with van der Waals surface area (Å²) in [6, 6.07) is 8.31. The standard InChI is InChI=1S/C14H17BrN2/c1-9-6-13(14(2,3)8-16)17-12-5-4-10(15)7-11(9)12/h4-7H,8,16H2,1-3H3. The Morgan fingerprint density at radius 1 is 1.29 bits per heavy atom. The molecule has 0 aliphatic carbocycles. The van der Waals surface area contributed by atoms with Crippen LogP contribution >= 0.6 is 15.9 Å². The first-order chi connectivity index (χ1) is 7.94. The van der Waals surface area contributed by atoms with Crippen LogP contribution in [-0.2, 0) is 5.41 Å². The lowest BCUT2D eigenvalue weighted by Crippen LogP contribution is -2.29. The molecule has 0 amide bonds. The first-order valence-corrected chi connectivity index (χ1v) is 6.51. The van der Waals surface area contributed by atoms with E-state index in [0.717, 1.165) is 15.7 Å². The van der Waals surface area contributed by atoms with E-state index in [9.17, 15) is 0 Å². The lowest BCUT2D eigenvalue weighted by molar-refractivity contribution is 0.523. The fourth-order valence-electron chi connectivity index (χ4n) is 1.82. The van der Waals surface area contributed by atoms with Crippen LogP contribution in [0.1, 0.15) is 25.1 Å². The minimum absolute atomic E-state index is 0.0774. The van der Waals surface area contributed by atoms with Gasteiger partial charge in [0.1, 0.15) is 0 Å². The first-order valence-electron chi connectivity index (χ1n) is 5.71. The zero-order valence-corrected chi connectivity index (χ0v) is 12.0. The summed E-state index contributed by atoms with van der Waals surface area (Å²) in [7, 11) is 0. The summed E-state index contributed by atoms with van der Waals surface area (Å²) >= 11 is 3.49. The topological polar surface area (TPSA) is 38.9 Å². The summed E-state index contributed by atoms with van der Waals surface area (Å²) in [6.07, 6.45) is 0. The Balaban J connectivity index is 2.68. The Labute approximate surface area is 110 Å². The number of rotatable bonds is 2. The lowest BCUT2D eigenvalue weighted by Gasteiger charge is -2.22. The van der Waals surface area contributed by atoms with Crippen LogP contribution in [0.5, 0.6) is 0 Å². The molecule has 1 heterocycles. The molecule has 1 aromatic heterocycles. The largest absolute Gasteiger partial charge is 0.330 e. The SMILES string of the molecule is Cc1cc(C(C)(C)CN)nc2ccc(Br)cc12. The van der Waals surface area contributed by atoms with E-state index in [1.165, 1.54) is 10.9 Å². The van der Waals surface area contributed by atoms with Gasteiger partial charge in [0, 0.05) is 27.5 Å². The normalized spacial score (nSPS) is 12.1. The quantitative estimate of drug-likeness (QED) is 0.919. The number of pyridine rings is 1. The average Bonchev–Trinajstić information content (AvgIpc) is 2.29. The van der Waals surface area contributed by atoms with Gasteiger partial charge in [-0.1, -0.05) is 29.8 Å². The molecule has 0 aliphatic heterocycles. The van der Waals surface area contributed by atoms with Crippen LogP contribution in [0.4, 0.5) is 0 Å². The Kier molecular flexibility index (Phi) is 3.23. The molecule has 17 heavy (non-hydrogen) atoms. The second kappa shape index (κ2) is 4.39. The molecule has 0 radical (unpaired) electrons. The van der Waals surface area contributed by atoms with Gasteiger partial charge in [-0.3, -0.25) is 4.98 Å². The van der Waals surface area contributed by atoms with Crippen LogP contribution in [0, 0.1) is 6.92 Å². The maximum absolute atomic E-state index is 5.81. The van der Waals surface area contributed by atoms with Crippen molar-refractivity contribution in [1.29, 1.82) is 0 Å². The summed E-state index contributed by atoms with van der Waals surface area (Å²) in [5.41, 5.74) is 9.07. The van der Waals surface area contributed by atoms with Gasteiger partial charge >= 0.3 is 0 Å².